The summed E-state index contributed by atoms with van der Waals surface area (Å²) in [7, 11) is -2.30. The second-order valence-electron chi connectivity index (χ2n) is 6.39. The fourth-order valence-electron chi connectivity index (χ4n) is 2.82. The van der Waals surface area contributed by atoms with Gasteiger partial charge in [-0.25, -0.2) is 8.42 Å². The van der Waals surface area contributed by atoms with Gasteiger partial charge in [-0.1, -0.05) is 36.4 Å². The van der Waals surface area contributed by atoms with Crippen LogP contribution in [0.25, 0.3) is 10.8 Å². The lowest BCUT2D eigenvalue weighted by atomic mass is 10.1. The fraction of sp³-hybridized carbons (Fsp3) is 0.190. The molecule has 3 rings (SSSR count). The molecule has 0 aliphatic heterocycles. The standard InChI is InChI=1S/C21H22N2O3S2/c1-23(28(25,26)20-11-9-19(27-2)10-12-20)15-21(24)22-14-16-7-8-17-5-3-4-6-18(17)13-16/h3-13H,14-15H2,1-2H3,(H,22,24). The number of hydrogen-bond acceptors (Lipinski definition) is 4. The Morgan fingerprint density at radius 3 is 2.36 bits per heavy atom. The van der Waals surface area contributed by atoms with E-state index in [9.17, 15) is 13.2 Å². The Labute approximate surface area is 169 Å². The van der Waals surface area contributed by atoms with Crippen molar-refractivity contribution >= 4 is 38.5 Å². The van der Waals surface area contributed by atoms with Gasteiger partial charge < -0.3 is 5.32 Å². The van der Waals surface area contributed by atoms with E-state index in [0.717, 1.165) is 25.5 Å². The Bertz CT molecular complexity index is 1080. The third kappa shape index (κ3) is 4.73. The van der Waals surface area contributed by atoms with Crippen LogP contribution in [0, 0.1) is 0 Å². The van der Waals surface area contributed by atoms with Gasteiger partial charge in [0.05, 0.1) is 11.4 Å². The van der Waals surface area contributed by atoms with Gasteiger partial charge in [-0.2, -0.15) is 4.31 Å². The molecule has 0 heterocycles. The van der Waals surface area contributed by atoms with Crippen molar-refractivity contribution in [3.63, 3.8) is 0 Å². The average molecular weight is 415 g/mol. The summed E-state index contributed by atoms with van der Waals surface area (Å²) < 4.78 is 26.3. The first-order chi connectivity index (χ1) is 13.4. The predicted molar refractivity (Wildman–Crippen MR) is 114 cm³/mol. The molecule has 0 fully saturated rings. The summed E-state index contributed by atoms with van der Waals surface area (Å²) in [5.41, 5.74) is 0.963. The summed E-state index contributed by atoms with van der Waals surface area (Å²) in [6.07, 6.45) is 1.93. The summed E-state index contributed by atoms with van der Waals surface area (Å²) in [6, 6.07) is 20.6. The van der Waals surface area contributed by atoms with Crippen LogP contribution in [0.1, 0.15) is 5.56 Å². The topological polar surface area (TPSA) is 66.5 Å². The highest BCUT2D eigenvalue weighted by atomic mass is 32.2. The Morgan fingerprint density at radius 1 is 1.00 bits per heavy atom. The number of likely N-dealkylation sites (N-methyl/N-ethyl adjacent to an activating group) is 1. The molecule has 146 valence electrons. The third-order valence-corrected chi connectivity index (χ3v) is 7.00. The highest BCUT2D eigenvalue weighted by molar-refractivity contribution is 7.98. The molecule has 3 aromatic carbocycles. The van der Waals surface area contributed by atoms with Gasteiger partial charge >= 0.3 is 0 Å². The van der Waals surface area contributed by atoms with E-state index in [2.05, 4.69) is 5.32 Å². The molecular weight excluding hydrogens is 392 g/mol. The van der Waals surface area contributed by atoms with Crippen molar-refractivity contribution in [2.75, 3.05) is 19.8 Å². The van der Waals surface area contributed by atoms with Gasteiger partial charge in [0.15, 0.2) is 0 Å². The van der Waals surface area contributed by atoms with Crippen LogP contribution in [0.4, 0.5) is 0 Å². The summed E-state index contributed by atoms with van der Waals surface area (Å²) in [4.78, 5) is 13.4. The molecule has 0 radical (unpaired) electrons. The van der Waals surface area contributed by atoms with Crippen LogP contribution in [0.2, 0.25) is 0 Å². The van der Waals surface area contributed by atoms with Crippen LogP contribution in [0.15, 0.2) is 76.5 Å². The van der Waals surface area contributed by atoms with Crippen LogP contribution < -0.4 is 5.32 Å². The van der Waals surface area contributed by atoms with Crippen LogP contribution in [0.3, 0.4) is 0 Å². The van der Waals surface area contributed by atoms with Crippen molar-refractivity contribution in [2.24, 2.45) is 0 Å². The van der Waals surface area contributed by atoms with Gasteiger partial charge in [-0.05, 0) is 52.9 Å². The fourth-order valence-corrected chi connectivity index (χ4v) is 4.36. The van der Waals surface area contributed by atoms with E-state index in [-0.39, 0.29) is 17.3 Å². The Kier molecular flexibility index (Phi) is 6.39. The largest absolute Gasteiger partial charge is 0.351 e. The minimum atomic E-state index is -3.71. The molecule has 5 nitrogen and oxygen atoms in total. The Morgan fingerprint density at radius 2 is 1.68 bits per heavy atom. The second-order valence-corrected chi connectivity index (χ2v) is 9.32. The SMILES string of the molecule is CSc1ccc(S(=O)(=O)N(C)CC(=O)NCc2ccc3ccccc3c2)cc1. The van der Waals surface area contributed by atoms with Crippen molar-refractivity contribution in [1.82, 2.24) is 9.62 Å². The lowest BCUT2D eigenvalue weighted by Gasteiger charge is -2.17. The van der Waals surface area contributed by atoms with Gasteiger partial charge in [0.1, 0.15) is 0 Å². The van der Waals surface area contributed by atoms with Crippen LogP contribution in [-0.2, 0) is 21.4 Å². The minimum Gasteiger partial charge on any atom is -0.351 e. The van der Waals surface area contributed by atoms with Crippen LogP contribution in [-0.4, -0.2) is 38.5 Å². The lowest BCUT2D eigenvalue weighted by molar-refractivity contribution is -0.121. The highest BCUT2D eigenvalue weighted by Crippen LogP contribution is 2.20. The van der Waals surface area contributed by atoms with E-state index in [0.29, 0.717) is 6.54 Å². The van der Waals surface area contributed by atoms with Crippen molar-refractivity contribution in [1.29, 1.82) is 0 Å². The molecule has 28 heavy (non-hydrogen) atoms. The number of sulfonamides is 1. The zero-order chi connectivity index (χ0) is 20.1. The molecule has 0 saturated carbocycles. The molecule has 7 heteroatoms. The summed E-state index contributed by atoms with van der Waals surface area (Å²) in [5.74, 6) is -0.347. The van der Waals surface area contributed by atoms with Crippen molar-refractivity contribution in [3.05, 3.63) is 72.3 Å². The van der Waals surface area contributed by atoms with E-state index in [1.54, 1.807) is 24.3 Å². The quantitative estimate of drug-likeness (QED) is 0.601. The second kappa shape index (κ2) is 8.77. The van der Waals surface area contributed by atoms with Gasteiger partial charge in [0.2, 0.25) is 15.9 Å². The molecule has 1 N–H and O–H groups in total. The zero-order valence-electron chi connectivity index (χ0n) is 15.8. The monoisotopic (exact) mass is 414 g/mol. The Hall–Kier alpha value is -2.35. The first-order valence-electron chi connectivity index (χ1n) is 8.75. The third-order valence-electron chi connectivity index (χ3n) is 4.44. The van der Waals surface area contributed by atoms with Crippen molar-refractivity contribution in [2.45, 2.75) is 16.3 Å². The molecule has 3 aromatic rings. The number of benzene rings is 3. The predicted octanol–water partition coefficient (Wildman–Crippen LogP) is 3.50. The first-order valence-corrected chi connectivity index (χ1v) is 11.4. The molecule has 0 aromatic heterocycles. The van der Waals surface area contributed by atoms with Gasteiger partial charge in [-0.3, -0.25) is 4.79 Å². The molecule has 0 aliphatic rings. The van der Waals surface area contributed by atoms with E-state index >= 15 is 0 Å². The number of carbonyl (C=O) groups excluding carboxylic acids is 1. The summed E-state index contributed by atoms with van der Waals surface area (Å²) in [6.45, 7) is 0.111. The molecule has 0 aliphatic carbocycles. The van der Waals surface area contributed by atoms with E-state index in [1.807, 2.05) is 48.7 Å². The number of amides is 1. The van der Waals surface area contributed by atoms with Gasteiger partial charge in [0.25, 0.3) is 0 Å². The molecule has 0 saturated heterocycles. The lowest BCUT2D eigenvalue weighted by Crippen LogP contribution is -2.38. The average Bonchev–Trinajstić information content (AvgIpc) is 2.72. The number of hydrogen-bond donors (Lipinski definition) is 1. The molecule has 1 amide bonds. The number of rotatable bonds is 7. The Balaban J connectivity index is 1.61. The van der Waals surface area contributed by atoms with Crippen molar-refractivity contribution in [3.8, 4) is 0 Å². The molecule has 0 bridgehead atoms. The van der Waals surface area contributed by atoms with Crippen LogP contribution in [0.5, 0.6) is 0 Å². The van der Waals surface area contributed by atoms with E-state index in [4.69, 9.17) is 0 Å². The number of fused-ring (bicyclic) bond motifs is 1. The molecule has 0 atom stereocenters. The zero-order valence-corrected chi connectivity index (χ0v) is 17.4. The maximum absolute atomic E-state index is 12.6. The molecule has 0 spiro atoms. The number of carbonyl (C=O) groups is 1. The van der Waals surface area contributed by atoms with Gasteiger partial charge in [0, 0.05) is 18.5 Å². The maximum Gasteiger partial charge on any atom is 0.243 e. The van der Waals surface area contributed by atoms with Crippen LogP contribution >= 0.6 is 11.8 Å². The maximum atomic E-state index is 12.6. The number of thioether (sulfide) groups is 1. The molecule has 0 unspecified atom stereocenters. The van der Waals surface area contributed by atoms with E-state index in [1.165, 1.54) is 18.8 Å². The first kappa shape index (κ1) is 20.4. The molecular formula is C21H22N2O3S2. The highest BCUT2D eigenvalue weighted by Gasteiger charge is 2.22. The van der Waals surface area contributed by atoms with E-state index < -0.39 is 10.0 Å². The number of nitrogens with one attached hydrogen (secondary N) is 1. The number of nitrogens with zero attached hydrogens (tertiary/aromatic N) is 1. The minimum absolute atomic E-state index is 0.176. The summed E-state index contributed by atoms with van der Waals surface area (Å²) in [5, 5.41) is 5.02. The van der Waals surface area contributed by atoms with Crippen molar-refractivity contribution < 1.29 is 13.2 Å². The normalized spacial score (nSPS) is 11.7. The van der Waals surface area contributed by atoms with Gasteiger partial charge in [-0.15, -0.1) is 11.8 Å². The smallest absolute Gasteiger partial charge is 0.243 e. The summed E-state index contributed by atoms with van der Waals surface area (Å²) >= 11 is 1.54.